The Balaban J connectivity index is 2.42. The highest BCUT2D eigenvalue weighted by molar-refractivity contribution is 7.92. The van der Waals surface area contributed by atoms with E-state index in [9.17, 15) is 26.4 Å². The van der Waals surface area contributed by atoms with Gasteiger partial charge in [-0.15, -0.1) is 0 Å². The number of carboxylic acid groups (broad SMARTS) is 1. The van der Waals surface area contributed by atoms with Gasteiger partial charge in [-0.2, -0.15) is 0 Å². The molecule has 27 heavy (non-hydrogen) atoms. The number of hydrogen-bond donors (Lipinski definition) is 2. The van der Waals surface area contributed by atoms with Crippen LogP contribution in [-0.2, 0) is 24.7 Å². The number of carbonyl (C=O) groups excluding carboxylic acids is 1. The van der Waals surface area contributed by atoms with Gasteiger partial charge >= 0.3 is 5.97 Å². The maximum absolute atomic E-state index is 12.6. The molecule has 150 valence electrons. The first-order chi connectivity index (χ1) is 12.1. The topological polar surface area (TPSA) is 135 Å². The molecule has 2 N–H and O–H groups in total. The highest BCUT2D eigenvalue weighted by Crippen LogP contribution is 2.35. The molecule has 1 fully saturated rings. The molecule has 0 unspecified atom stereocenters. The molecule has 0 bridgehead atoms. The molecular formula is C13H11Cl4NO7S2. The molecule has 1 heterocycles. The van der Waals surface area contributed by atoms with E-state index in [1.165, 1.54) is 0 Å². The zero-order chi connectivity index (χ0) is 20.8. The zero-order valence-electron chi connectivity index (χ0n) is 13.0. The van der Waals surface area contributed by atoms with E-state index < -0.39 is 63.8 Å². The van der Waals surface area contributed by atoms with E-state index in [2.05, 4.69) is 4.72 Å². The fraction of sp³-hybridized carbons (Fsp3) is 0.385. The Kier molecular flexibility index (Phi) is 6.43. The van der Waals surface area contributed by atoms with Gasteiger partial charge in [0, 0.05) is 6.04 Å². The van der Waals surface area contributed by atoms with Crippen molar-refractivity contribution in [2.75, 3.05) is 11.5 Å². The Morgan fingerprint density at radius 2 is 1.78 bits per heavy atom. The summed E-state index contributed by atoms with van der Waals surface area (Å²) in [4.78, 5) is 22.7. The number of halogens is 4. The highest BCUT2D eigenvalue weighted by atomic mass is 35.6. The van der Waals surface area contributed by atoms with Crippen LogP contribution in [0.4, 0.5) is 0 Å². The van der Waals surface area contributed by atoms with Crippen molar-refractivity contribution in [2.24, 2.45) is 5.92 Å². The highest BCUT2D eigenvalue weighted by Gasteiger charge is 2.49. The average molecular weight is 499 g/mol. The molecule has 2 atom stereocenters. The Morgan fingerprint density at radius 1 is 1.19 bits per heavy atom. The minimum atomic E-state index is -4.48. The van der Waals surface area contributed by atoms with E-state index in [1.807, 2.05) is 0 Å². The lowest BCUT2D eigenvalue weighted by atomic mass is 10.0. The molecule has 0 amide bonds. The van der Waals surface area contributed by atoms with Crippen molar-refractivity contribution in [1.29, 1.82) is 0 Å². The molecule has 1 aliphatic rings. The summed E-state index contributed by atoms with van der Waals surface area (Å²) in [5.74, 6) is -5.30. The van der Waals surface area contributed by atoms with E-state index in [-0.39, 0.29) is 10.6 Å². The molecule has 14 heteroatoms. The van der Waals surface area contributed by atoms with Gasteiger partial charge in [0.15, 0.2) is 15.6 Å². The third kappa shape index (κ3) is 5.26. The second-order valence-electron chi connectivity index (χ2n) is 5.72. The normalized spacial score (nSPS) is 22.5. The number of carboxylic acids is 1. The summed E-state index contributed by atoms with van der Waals surface area (Å²) < 4.78 is 48.6. The van der Waals surface area contributed by atoms with Gasteiger partial charge in [-0.05, 0) is 18.2 Å². The molecule has 1 saturated heterocycles. The van der Waals surface area contributed by atoms with E-state index in [4.69, 9.17) is 51.5 Å². The van der Waals surface area contributed by atoms with Crippen LogP contribution in [-0.4, -0.2) is 55.0 Å². The SMILES string of the molecule is O=C(O)c1ccc(Cl)c(S(=O)(=O)N[C@@H]2CS(=O)(=O)C[C@@H]2C(=O)C(Cl)(Cl)Cl)c1. The third-order valence-corrected chi connectivity index (χ3v) is 8.01. The van der Waals surface area contributed by atoms with Crippen LogP contribution in [0, 0.1) is 5.92 Å². The van der Waals surface area contributed by atoms with Gasteiger partial charge in [-0.1, -0.05) is 46.4 Å². The van der Waals surface area contributed by atoms with Gasteiger partial charge in [0.2, 0.25) is 13.8 Å². The molecule has 0 saturated carbocycles. The van der Waals surface area contributed by atoms with Crippen molar-refractivity contribution in [3.05, 3.63) is 28.8 Å². The predicted octanol–water partition coefficient (Wildman–Crippen LogP) is 1.67. The van der Waals surface area contributed by atoms with E-state index in [0.717, 1.165) is 18.2 Å². The molecule has 8 nitrogen and oxygen atoms in total. The van der Waals surface area contributed by atoms with Crippen molar-refractivity contribution in [2.45, 2.75) is 14.7 Å². The number of carbonyl (C=O) groups is 2. The first-order valence-electron chi connectivity index (χ1n) is 7.01. The fourth-order valence-corrected chi connectivity index (χ4v) is 6.80. The Morgan fingerprint density at radius 3 is 2.30 bits per heavy atom. The molecule has 1 aliphatic heterocycles. The number of sulfone groups is 1. The van der Waals surface area contributed by atoms with Crippen molar-refractivity contribution in [3.8, 4) is 0 Å². The smallest absolute Gasteiger partial charge is 0.335 e. The molecule has 0 aromatic heterocycles. The van der Waals surface area contributed by atoms with Crippen molar-refractivity contribution >= 4 is 78.0 Å². The maximum Gasteiger partial charge on any atom is 0.335 e. The summed E-state index contributed by atoms with van der Waals surface area (Å²) in [5, 5.41) is 8.70. The van der Waals surface area contributed by atoms with Crippen molar-refractivity contribution in [1.82, 2.24) is 4.72 Å². The zero-order valence-corrected chi connectivity index (χ0v) is 17.7. The summed E-state index contributed by atoms with van der Waals surface area (Å²) >= 11 is 22.4. The molecule has 0 spiro atoms. The largest absolute Gasteiger partial charge is 0.478 e. The number of hydrogen-bond acceptors (Lipinski definition) is 6. The number of sulfonamides is 1. The van der Waals surface area contributed by atoms with Crippen LogP contribution in [0.5, 0.6) is 0 Å². The number of benzene rings is 1. The number of rotatable bonds is 5. The van der Waals surface area contributed by atoms with Crippen LogP contribution < -0.4 is 4.72 Å². The fourth-order valence-electron chi connectivity index (χ4n) is 2.54. The predicted molar refractivity (Wildman–Crippen MR) is 100.0 cm³/mol. The first kappa shape index (κ1) is 22.7. The lowest BCUT2D eigenvalue weighted by Crippen LogP contribution is -2.45. The first-order valence-corrected chi connectivity index (χ1v) is 11.8. The van der Waals surface area contributed by atoms with Crippen LogP contribution in [0.15, 0.2) is 23.1 Å². The van der Waals surface area contributed by atoms with Crippen LogP contribution in [0.1, 0.15) is 10.4 Å². The van der Waals surface area contributed by atoms with Crippen molar-refractivity contribution in [3.63, 3.8) is 0 Å². The molecular weight excluding hydrogens is 488 g/mol. The third-order valence-electron chi connectivity index (χ3n) is 3.74. The summed E-state index contributed by atoms with van der Waals surface area (Å²) in [5.41, 5.74) is -0.354. The van der Waals surface area contributed by atoms with Gasteiger partial charge in [0.05, 0.1) is 28.0 Å². The van der Waals surface area contributed by atoms with Gasteiger partial charge in [-0.3, -0.25) is 4.79 Å². The van der Waals surface area contributed by atoms with Crippen molar-refractivity contribution < 1.29 is 31.5 Å². The van der Waals surface area contributed by atoms with E-state index in [1.54, 1.807) is 0 Å². The van der Waals surface area contributed by atoms with Crippen LogP contribution in [0.2, 0.25) is 5.02 Å². The van der Waals surface area contributed by atoms with Crippen LogP contribution in [0.3, 0.4) is 0 Å². The van der Waals surface area contributed by atoms with Gasteiger partial charge < -0.3 is 5.11 Å². The summed E-state index contributed by atoms with van der Waals surface area (Å²) in [6.07, 6.45) is 0. The number of aromatic carboxylic acids is 1. The Labute approximate surface area is 174 Å². The van der Waals surface area contributed by atoms with Crippen LogP contribution >= 0.6 is 46.4 Å². The van der Waals surface area contributed by atoms with E-state index in [0.29, 0.717) is 0 Å². The second kappa shape index (κ2) is 7.66. The average Bonchev–Trinajstić information content (AvgIpc) is 2.79. The Hall–Kier alpha value is -0.620. The van der Waals surface area contributed by atoms with Crippen LogP contribution in [0.25, 0.3) is 0 Å². The van der Waals surface area contributed by atoms with Gasteiger partial charge in [-0.25, -0.2) is 26.4 Å². The summed E-state index contributed by atoms with van der Waals surface area (Å²) in [6, 6.07) is 1.56. The minimum absolute atomic E-state index is 0.294. The molecule has 1 aromatic rings. The van der Waals surface area contributed by atoms with E-state index >= 15 is 0 Å². The maximum atomic E-state index is 12.6. The number of Topliss-reactive ketones (excluding diaryl/α,β-unsaturated/α-hetero) is 1. The number of alkyl halides is 3. The molecule has 2 rings (SSSR count). The van der Waals surface area contributed by atoms with Gasteiger partial charge in [0.1, 0.15) is 4.90 Å². The Bertz CT molecular complexity index is 1000. The molecule has 1 aromatic carbocycles. The summed E-state index contributed by atoms with van der Waals surface area (Å²) in [7, 11) is -8.27. The molecule has 0 aliphatic carbocycles. The standard InChI is InChI=1S/C13H11Cl4NO7S2/c14-8-2-1-6(12(20)21)3-10(8)27(24,25)18-9-5-26(22,23)4-7(9)11(19)13(15,16)17/h1-3,7,9,18H,4-5H2,(H,20,21)/t7-,9+/m0/s1. The number of nitrogens with one attached hydrogen (secondary N) is 1. The quantitative estimate of drug-likeness (QED) is 0.589. The number of ketones is 1. The molecule has 0 radical (unpaired) electrons. The lowest BCUT2D eigenvalue weighted by Gasteiger charge is -2.21. The lowest BCUT2D eigenvalue weighted by molar-refractivity contribution is -0.121. The monoisotopic (exact) mass is 497 g/mol. The minimum Gasteiger partial charge on any atom is -0.478 e. The second-order valence-corrected chi connectivity index (χ2v) is 12.2. The summed E-state index contributed by atoms with van der Waals surface area (Å²) in [6.45, 7) is 0. The van der Waals surface area contributed by atoms with Gasteiger partial charge in [0.25, 0.3) is 0 Å².